The quantitative estimate of drug-likeness (QED) is 0.262. The lowest BCUT2D eigenvalue weighted by atomic mass is 9.95. The summed E-state index contributed by atoms with van der Waals surface area (Å²) in [7, 11) is 0. The van der Waals surface area contributed by atoms with Gasteiger partial charge >= 0.3 is 11.9 Å². The van der Waals surface area contributed by atoms with Crippen LogP contribution in [0.1, 0.15) is 33.2 Å². The van der Waals surface area contributed by atoms with Gasteiger partial charge in [0.2, 0.25) is 0 Å². The van der Waals surface area contributed by atoms with Crippen LogP contribution in [0.25, 0.3) is 11.1 Å². The third kappa shape index (κ3) is 5.49. The third-order valence-corrected chi connectivity index (χ3v) is 5.63. The SMILES string of the molecule is CCOc1cc(-c2c(C(=O)O)c(N)[nH]c(=O)c2C(=O)O)cc(Br)c1OCC(=O)Nc1ccccc1C. The summed E-state index contributed by atoms with van der Waals surface area (Å²) in [6.45, 7) is 3.31. The normalized spacial score (nSPS) is 10.5. The molecule has 12 heteroatoms. The first-order chi connectivity index (χ1) is 17.0. The first-order valence-corrected chi connectivity index (χ1v) is 11.3. The lowest BCUT2D eigenvalue weighted by Gasteiger charge is -2.17. The molecule has 0 saturated heterocycles. The number of aromatic amines is 1. The van der Waals surface area contributed by atoms with Gasteiger partial charge in [0.25, 0.3) is 11.5 Å². The Morgan fingerprint density at radius 2 is 1.75 bits per heavy atom. The number of aryl methyl sites for hydroxylation is 1. The molecule has 0 radical (unpaired) electrons. The second kappa shape index (κ2) is 11.0. The highest BCUT2D eigenvalue weighted by Gasteiger charge is 2.28. The van der Waals surface area contributed by atoms with Crippen LogP contribution in [-0.2, 0) is 4.79 Å². The second-order valence-electron chi connectivity index (χ2n) is 7.47. The number of halogens is 1. The summed E-state index contributed by atoms with van der Waals surface area (Å²) >= 11 is 3.31. The van der Waals surface area contributed by atoms with E-state index in [0.717, 1.165) is 5.56 Å². The number of para-hydroxylation sites is 1. The fraction of sp³-hybridized carbons (Fsp3) is 0.167. The molecule has 6 N–H and O–H groups in total. The number of carbonyl (C=O) groups excluding carboxylic acids is 1. The molecule has 3 aromatic rings. The highest BCUT2D eigenvalue weighted by Crippen LogP contribution is 2.41. The first-order valence-electron chi connectivity index (χ1n) is 10.5. The van der Waals surface area contributed by atoms with Gasteiger partial charge in [-0.05, 0) is 59.1 Å². The maximum atomic E-state index is 12.4. The van der Waals surface area contributed by atoms with E-state index in [1.165, 1.54) is 12.1 Å². The van der Waals surface area contributed by atoms with Crippen molar-refractivity contribution in [3.8, 4) is 22.6 Å². The number of amides is 1. The van der Waals surface area contributed by atoms with Crippen LogP contribution in [0.15, 0.2) is 45.7 Å². The molecule has 0 aliphatic carbocycles. The zero-order chi connectivity index (χ0) is 26.6. The van der Waals surface area contributed by atoms with Gasteiger partial charge in [0.1, 0.15) is 16.9 Å². The molecule has 36 heavy (non-hydrogen) atoms. The summed E-state index contributed by atoms with van der Waals surface area (Å²) in [5.74, 6) is -3.93. The van der Waals surface area contributed by atoms with E-state index in [9.17, 15) is 29.4 Å². The average Bonchev–Trinajstić information content (AvgIpc) is 2.79. The zero-order valence-electron chi connectivity index (χ0n) is 19.2. The minimum Gasteiger partial charge on any atom is -0.490 e. The van der Waals surface area contributed by atoms with Gasteiger partial charge in [-0.15, -0.1) is 0 Å². The van der Waals surface area contributed by atoms with Crippen LogP contribution < -0.4 is 26.1 Å². The van der Waals surface area contributed by atoms with Gasteiger partial charge in [-0.25, -0.2) is 9.59 Å². The Balaban J connectivity index is 2.05. The number of carboxylic acids is 2. The predicted molar refractivity (Wildman–Crippen MR) is 135 cm³/mol. The highest BCUT2D eigenvalue weighted by molar-refractivity contribution is 9.10. The van der Waals surface area contributed by atoms with E-state index in [-0.39, 0.29) is 34.7 Å². The van der Waals surface area contributed by atoms with Crippen molar-refractivity contribution in [1.82, 2.24) is 4.98 Å². The van der Waals surface area contributed by atoms with Gasteiger partial charge in [0.15, 0.2) is 18.1 Å². The molecule has 2 aromatic carbocycles. The molecular weight excluding hydrogens is 538 g/mol. The first kappa shape index (κ1) is 26.3. The number of carboxylic acid groups (broad SMARTS) is 2. The Kier molecular flexibility index (Phi) is 8.00. The minimum absolute atomic E-state index is 0.0228. The molecule has 0 bridgehead atoms. The summed E-state index contributed by atoms with van der Waals surface area (Å²) in [5, 5.41) is 22.0. The van der Waals surface area contributed by atoms with E-state index in [1.54, 1.807) is 19.1 Å². The van der Waals surface area contributed by atoms with Gasteiger partial charge < -0.3 is 35.7 Å². The minimum atomic E-state index is -1.64. The maximum absolute atomic E-state index is 12.4. The molecule has 1 amide bonds. The summed E-state index contributed by atoms with van der Waals surface area (Å²) in [6, 6.07) is 9.88. The van der Waals surface area contributed by atoms with E-state index in [4.69, 9.17) is 15.2 Å². The number of aromatic nitrogens is 1. The number of aromatic carboxylic acids is 2. The number of nitrogens with one attached hydrogen (secondary N) is 2. The number of benzene rings is 2. The Morgan fingerprint density at radius 3 is 2.36 bits per heavy atom. The molecular formula is C24H22BrN3O8. The van der Waals surface area contributed by atoms with E-state index in [2.05, 4.69) is 26.2 Å². The number of hydrogen-bond acceptors (Lipinski definition) is 7. The van der Waals surface area contributed by atoms with Gasteiger partial charge in [-0.1, -0.05) is 18.2 Å². The molecule has 0 aliphatic rings. The van der Waals surface area contributed by atoms with Gasteiger partial charge in [0.05, 0.1) is 11.1 Å². The number of anilines is 2. The molecule has 0 saturated carbocycles. The molecule has 0 atom stereocenters. The van der Waals surface area contributed by atoms with Gasteiger partial charge in [0, 0.05) is 11.3 Å². The monoisotopic (exact) mass is 559 g/mol. The average molecular weight is 560 g/mol. The number of H-pyrrole nitrogens is 1. The Hall–Kier alpha value is -4.32. The van der Waals surface area contributed by atoms with Crippen LogP contribution in [-0.4, -0.2) is 46.3 Å². The van der Waals surface area contributed by atoms with E-state index in [1.807, 2.05) is 19.1 Å². The molecule has 0 fully saturated rings. The Labute approximate surface area is 213 Å². The van der Waals surface area contributed by atoms with Crippen LogP contribution in [0.5, 0.6) is 11.5 Å². The summed E-state index contributed by atoms with van der Waals surface area (Å²) in [5.41, 5.74) is 4.36. The fourth-order valence-corrected chi connectivity index (χ4v) is 4.04. The Bertz CT molecular complexity index is 1420. The lowest BCUT2D eigenvalue weighted by molar-refractivity contribution is -0.118. The van der Waals surface area contributed by atoms with Crippen molar-refractivity contribution < 1.29 is 34.1 Å². The lowest BCUT2D eigenvalue weighted by Crippen LogP contribution is -2.24. The third-order valence-electron chi connectivity index (χ3n) is 5.04. The van der Waals surface area contributed by atoms with Crippen LogP contribution >= 0.6 is 15.9 Å². The van der Waals surface area contributed by atoms with Crippen molar-refractivity contribution in [3.63, 3.8) is 0 Å². The highest BCUT2D eigenvalue weighted by atomic mass is 79.9. The van der Waals surface area contributed by atoms with E-state index in [0.29, 0.717) is 5.69 Å². The molecule has 3 rings (SSSR count). The van der Waals surface area contributed by atoms with Crippen LogP contribution in [0, 0.1) is 6.92 Å². The number of rotatable bonds is 9. The Morgan fingerprint density at radius 1 is 1.08 bits per heavy atom. The van der Waals surface area contributed by atoms with Gasteiger partial charge in [-0.3, -0.25) is 9.59 Å². The summed E-state index contributed by atoms with van der Waals surface area (Å²) in [4.78, 5) is 50.6. The van der Waals surface area contributed by atoms with Crippen LogP contribution in [0.3, 0.4) is 0 Å². The number of ether oxygens (including phenoxy) is 2. The molecule has 1 heterocycles. The topological polar surface area (TPSA) is 181 Å². The second-order valence-corrected chi connectivity index (χ2v) is 8.33. The van der Waals surface area contributed by atoms with Crippen molar-refractivity contribution in [2.45, 2.75) is 13.8 Å². The van der Waals surface area contributed by atoms with Crippen molar-refractivity contribution in [2.24, 2.45) is 0 Å². The van der Waals surface area contributed by atoms with Crippen LogP contribution in [0.2, 0.25) is 0 Å². The number of pyridine rings is 1. The number of hydrogen-bond donors (Lipinski definition) is 5. The standard InChI is InChI=1S/C24H22BrN3O8/c1-3-35-15-9-12(17-18(23(31)32)21(26)28-22(30)19(17)24(33)34)8-13(25)20(15)36-10-16(29)27-14-7-5-4-6-11(14)2/h4-9H,3,10H2,1-2H3,(H,27,29)(H,31,32)(H,33,34)(H3,26,28,30). The summed E-state index contributed by atoms with van der Waals surface area (Å²) < 4.78 is 11.5. The smallest absolute Gasteiger partial charge is 0.342 e. The molecule has 188 valence electrons. The summed E-state index contributed by atoms with van der Waals surface area (Å²) in [6.07, 6.45) is 0. The van der Waals surface area contributed by atoms with Crippen molar-refractivity contribution in [3.05, 3.63) is 67.9 Å². The van der Waals surface area contributed by atoms with Crippen molar-refractivity contribution >= 4 is 45.3 Å². The molecule has 0 unspecified atom stereocenters. The predicted octanol–water partition coefficient (Wildman–Crippen LogP) is 3.51. The number of carbonyl (C=O) groups is 3. The number of nitrogens with two attached hydrogens (primary N) is 1. The van der Waals surface area contributed by atoms with Gasteiger partial charge in [-0.2, -0.15) is 0 Å². The van der Waals surface area contributed by atoms with Crippen molar-refractivity contribution in [1.29, 1.82) is 0 Å². The van der Waals surface area contributed by atoms with Crippen molar-refractivity contribution in [2.75, 3.05) is 24.3 Å². The molecule has 11 nitrogen and oxygen atoms in total. The molecule has 0 spiro atoms. The fourth-order valence-electron chi connectivity index (χ4n) is 3.49. The molecule has 1 aromatic heterocycles. The molecule has 0 aliphatic heterocycles. The van der Waals surface area contributed by atoms with E-state index >= 15 is 0 Å². The van der Waals surface area contributed by atoms with Crippen LogP contribution in [0.4, 0.5) is 11.5 Å². The largest absolute Gasteiger partial charge is 0.490 e. The maximum Gasteiger partial charge on any atom is 0.342 e. The number of nitrogen functional groups attached to an aromatic ring is 1. The zero-order valence-corrected chi connectivity index (χ0v) is 20.8. The van der Waals surface area contributed by atoms with E-state index < -0.39 is 45.9 Å².